The molecule has 0 spiro atoms. The zero-order chi connectivity index (χ0) is 90.1. The lowest BCUT2D eigenvalue weighted by molar-refractivity contribution is 0.122. The molecule has 131 heavy (non-hydrogen) atoms. The molecule has 8 aromatic heterocycles. The third kappa shape index (κ3) is 28.0. The Morgan fingerprint density at radius 3 is 1.21 bits per heavy atom. The van der Waals surface area contributed by atoms with Crippen LogP contribution in [-0.2, 0) is 32.0 Å². The number of methoxy groups -OCH3 is 1. The maximum Gasteiger partial charge on any atom is 0.325 e. The third-order valence-corrected chi connectivity index (χ3v) is 20.6. The van der Waals surface area contributed by atoms with E-state index in [0.29, 0.717) is 123 Å². The van der Waals surface area contributed by atoms with Crippen LogP contribution in [0.2, 0.25) is 5.02 Å². The number of nitrogens with zero attached hydrogens (tertiary/aromatic N) is 21. The van der Waals surface area contributed by atoms with Crippen LogP contribution in [0.25, 0.3) is 21.8 Å². The average molecular weight is 1780 g/mol. The van der Waals surface area contributed by atoms with Crippen LogP contribution in [0.1, 0.15) is 61.7 Å². The van der Waals surface area contributed by atoms with Crippen LogP contribution in [-0.4, -0.2) is 209 Å². The molecule has 12 heterocycles. The fourth-order valence-electron chi connectivity index (χ4n) is 13.7. The first-order chi connectivity index (χ1) is 64.2. The molecular formula is C96H100ClN25O9. The van der Waals surface area contributed by atoms with Crippen LogP contribution in [0.15, 0.2) is 239 Å². The van der Waals surface area contributed by atoms with Crippen LogP contribution in [0.3, 0.4) is 0 Å². The second-order valence-corrected chi connectivity index (χ2v) is 30.7. The standard InChI is InChI=1S/C26H26N6O2.C25H23ClN6O2.C23H26N6O2.C22H25N7O3/c1-18-4-3-5-20(14-18)17-27-31-24-16-25(32-10-12-33-13-11-32)30-26(29-24)34-22-8-9-23-21(15-22)7-6-19(2)28-23;1-17-3-2-4-18(13-17)16-28-31-23-15-24(32-9-11-33-12-10-32)30-25(29-23)34-19-5-6-22-20(14-19)21(26)7-8-27-22;1-18-5-4-6-19(15-18)17-25-28-21-16-22(29-10-13-30-14-11-29)27-23(26-21)31-12-8-20-7-2-3-9-24-20;1-16-4-3-5-17(10-16)12-25-28-19-11-21(29-6-8-31-9-7-29)27-22(26-19)32-15-20-23-13-18(30-2)14-24-20/h3-9,14-17H,10-13H2,1-2H3,(H,29,30,31);2-8,13-16H,9-12H2,1H3,(H,29,30,31);2-7,9,15-17H,8,10-14H2,1H3,(H,26,27,28);3-5,10-14H,6-9,15H2,1-2H3,(H,26,27,28)/b27-17+;28-16+;25-17+;25-12+. The number of rotatable bonds is 28. The monoisotopic (exact) mass is 1780 g/mol. The Labute approximate surface area is 763 Å². The summed E-state index contributed by atoms with van der Waals surface area (Å²) in [4.78, 5) is 66.5. The molecule has 0 radical (unpaired) electrons. The van der Waals surface area contributed by atoms with E-state index < -0.39 is 0 Å². The Balaban J connectivity index is 0.000000134. The van der Waals surface area contributed by atoms with Crippen molar-refractivity contribution in [2.24, 2.45) is 20.4 Å². The molecule has 34 nitrogen and oxygen atoms in total. The lowest BCUT2D eigenvalue weighted by Gasteiger charge is -2.28. The molecule has 0 unspecified atom stereocenters. The van der Waals surface area contributed by atoms with E-state index in [0.717, 1.165) is 131 Å². The molecule has 4 saturated heterocycles. The Kier molecular flexibility index (Phi) is 32.2. The minimum atomic E-state index is 0.128. The number of aryl methyl sites for hydroxylation is 5. The van der Waals surface area contributed by atoms with Crippen LogP contribution in [0, 0.1) is 34.6 Å². The predicted octanol–water partition coefficient (Wildman–Crippen LogP) is 15.3. The van der Waals surface area contributed by atoms with Crippen molar-refractivity contribution >= 4 is 105 Å². The van der Waals surface area contributed by atoms with E-state index in [4.69, 9.17) is 54.2 Å². The van der Waals surface area contributed by atoms with Gasteiger partial charge in [0.05, 0.1) is 120 Å². The number of pyridine rings is 3. The highest BCUT2D eigenvalue weighted by Crippen LogP contribution is 2.32. The maximum absolute atomic E-state index is 6.33. The summed E-state index contributed by atoms with van der Waals surface area (Å²) in [6.45, 7) is 22.0. The summed E-state index contributed by atoms with van der Waals surface area (Å²) < 4.78 is 50.7. The molecule has 0 bridgehead atoms. The maximum atomic E-state index is 6.33. The van der Waals surface area contributed by atoms with Crippen LogP contribution in [0.5, 0.6) is 41.3 Å². The fraction of sp³-hybridized carbons (Fsp3) is 0.260. The number of hydrazone groups is 4. The topological polar surface area (TPSA) is 361 Å². The summed E-state index contributed by atoms with van der Waals surface area (Å²) in [5.74, 6) is 7.49. The van der Waals surface area contributed by atoms with Gasteiger partial charge in [0.2, 0.25) is 0 Å². The minimum Gasteiger partial charge on any atom is -0.494 e. The second-order valence-electron chi connectivity index (χ2n) is 30.3. The number of hydrogen-bond acceptors (Lipinski definition) is 34. The van der Waals surface area contributed by atoms with Crippen molar-refractivity contribution in [3.05, 3.63) is 286 Å². The van der Waals surface area contributed by atoms with Gasteiger partial charge < -0.3 is 62.2 Å². The number of fused-ring (bicyclic) bond motifs is 2. The van der Waals surface area contributed by atoms with Gasteiger partial charge in [-0.15, -0.1) is 0 Å². The Morgan fingerprint density at radius 1 is 0.374 bits per heavy atom. The smallest absolute Gasteiger partial charge is 0.325 e. The number of ether oxygens (including phenoxy) is 9. The van der Waals surface area contributed by atoms with Gasteiger partial charge in [-0.05, 0) is 118 Å². The second kappa shape index (κ2) is 46.6. The van der Waals surface area contributed by atoms with Crippen molar-refractivity contribution < 1.29 is 42.6 Å². The van der Waals surface area contributed by atoms with Gasteiger partial charge in [0, 0.05) is 118 Å². The highest BCUT2D eigenvalue weighted by atomic mass is 35.5. The Hall–Kier alpha value is -15.1. The van der Waals surface area contributed by atoms with E-state index >= 15 is 0 Å². The summed E-state index contributed by atoms with van der Waals surface area (Å²) in [5.41, 5.74) is 24.4. The quantitative estimate of drug-likeness (QED) is 0.0261. The van der Waals surface area contributed by atoms with Crippen molar-refractivity contribution in [1.29, 1.82) is 0 Å². The van der Waals surface area contributed by atoms with Crippen molar-refractivity contribution in [2.75, 3.05) is 160 Å². The van der Waals surface area contributed by atoms with E-state index in [1.165, 1.54) is 22.3 Å². The van der Waals surface area contributed by atoms with E-state index in [2.05, 4.69) is 171 Å². The number of halogens is 1. The minimum absolute atomic E-state index is 0.128. The summed E-state index contributed by atoms with van der Waals surface area (Å²) in [7, 11) is 1.57. The molecule has 18 rings (SSSR count). The largest absolute Gasteiger partial charge is 0.494 e. The van der Waals surface area contributed by atoms with Gasteiger partial charge >= 0.3 is 24.0 Å². The highest BCUT2D eigenvalue weighted by molar-refractivity contribution is 6.35. The van der Waals surface area contributed by atoms with Gasteiger partial charge in [-0.1, -0.05) is 143 Å². The first-order valence-corrected chi connectivity index (χ1v) is 43.2. The molecule has 670 valence electrons. The number of hydrogen-bond donors (Lipinski definition) is 4. The van der Waals surface area contributed by atoms with Gasteiger partial charge in [0.15, 0.2) is 41.5 Å². The number of morpholine rings is 4. The first-order valence-electron chi connectivity index (χ1n) is 42.8. The highest BCUT2D eigenvalue weighted by Gasteiger charge is 2.22. The molecule has 4 fully saturated rings. The van der Waals surface area contributed by atoms with Crippen LogP contribution in [0.4, 0.5) is 46.5 Å². The molecule has 4 aliphatic heterocycles. The van der Waals surface area contributed by atoms with Crippen molar-refractivity contribution in [2.45, 2.75) is 47.6 Å². The summed E-state index contributed by atoms with van der Waals surface area (Å²) in [6.07, 6.45) is 14.3. The molecule has 14 aromatic rings. The molecular weight excluding hydrogens is 1680 g/mol. The molecule has 0 aliphatic carbocycles. The normalized spacial score (nSPS) is 14.0. The Morgan fingerprint density at radius 2 is 0.786 bits per heavy atom. The first kappa shape index (κ1) is 90.7. The van der Waals surface area contributed by atoms with Gasteiger partial charge in [-0.2, -0.15) is 60.3 Å². The van der Waals surface area contributed by atoms with Gasteiger partial charge in [0.1, 0.15) is 34.8 Å². The van der Waals surface area contributed by atoms with E-state index in [1.54, 1.807) is 62.8 Å². The number of aromatic nitrogens is 13. The van der Waals surface area contributed by atoms with Gasteiger partial charge in [-0.3, -0.25) is 36.7 Å². The summed E-state index contributed by atoms with van der Waals surface area (Å²) in [6, 6.07) is 63.7. The molecule has 6 aromatic carbocycles. The van der Waals surface area contributed by atoms with E-state index in [1.807, 2.05) is 178 Å². The van der Waals surface area contributed by atoms with Crippen molar-refractivity contribution in [1.82, 2.24) is 64.8 Å². The zero-order valence-corrected chi connectivity index (χ0v) is 74.2. The van der Waals surface area contributed by atoms with E-state index in [-0.39, 0.29) is 24.6 Å². The summed E-state index contributed by atoms with van der Waals surface area (Å²) >= 11 is 6.33. The van der Waals surface area contributed by atoms with Crippen LogP contribution < -0.4 is 65.0 Å². The SMILES string of the molecule is COc1cnc(COc2nc(N/N=C/c3cccc(C)c3)cc(N3CCOCC3)n2)nc1.Cc1cccc(/C=N/Nc2cc(N3CCOCC3)nc(OCCc3ccccn3)n2)c1.Cc1cccc(/C=N/Nc2cc(N3CCOCC3)nc(Oc3ccc4nc(C)ccc4c3)n2)c1.Cc1cccc(/C=N/Nc2cc(N3CCOCC3)nc(Oc3ccc4nccc(Cl)c4c3)n2)c1. The molecule has 0 atom stereocenters. The Bertz CT molecular complexity index is 6220. The van der Waals surface area contributed by atoms with Gasteiger partial charge in [0.25, 0.3) is 0 Å². The molecule has 4 aliphatic rings. The molecule has 0 saturated carbocycles. The number of nitrogens with one attached hydrogen (secondary N) is 4. The van der Waals surface area contributed by atoms with E-state index in [9.17, 15) is 0 Å². The third-order valence-electron chi connectivity index (χ3n) is 20.3. The van der Waals surface area contributed by atoms with Crippen molar-refractivity contribution in [3.8, 4) is 41.3 Å². The number of benzene rings is 6. The van der Waals surface area contributed by atoms with Crippen molar-refractivity contribution in [3.63, 3.8) is 0 Å². The average Bonchev–Trinajstić information content (AvgIpc) is 0.810. The molecule has 35 heteroatoms. The lowest BCUT2D eigenvalue weighted by atomic mass is 10.2. The fourth-order valence-corrected chi connectivity index (χ4v) is 13.9. The predicted molar refractivity (Wildman–Crippen MR) is 510 cm³/mol. The molecule has 0 amide bonds. The summed E-state index contributed by atoms with van der Waals surface area (Å²) in [5, 5.41) is 19.8. The van der Waals surface area contributed by atoms with Gasteiger partial charge in [-0.25, -0.2) is 9.97 Å². The number of anilines is 8. The van der Waals surface area contributed by atoms with Crippen LogP contribution >= 0.6 is 11.6 Å². The zero-order valence-electron chi connectivity index (χ0n) is 73.5. The lowest BCUT2D eigenvalue weighted by Crippen LogP contribution is -2.36. The molecule has 4 N–H and O–H groups in total.